The van der Waals surface area contributed by atoms with Crippen molar-refractivity contribution in [3.63, 3.8) is 0 Å². The highest BCUT2D eigenvalue weighted by molar-refractivity contribution is 5.58. The van der Waals surface area contributed by atoms with Crippen LogP contribution in [-0.4, -0.2) is 48.2 Å². The van der Waals surface area contributed by atoms with Gasteiger partial charge < -0.3 is 4.42 Å². The summed E-state index contributed by atoms with van der Waals surface area (Å²) >= 11 is 0. The van der Waals surface area contributed by atoms with Crippen LogP contribution in [0.1, 0.15) is 43.3 Å². The zero-order valence-corrected chi connectivity index (χ0v) is 19.1. The van der Waals surface area contributed by atoms with Crippen LogP contribution in [0, 0.1) is 11.7 Å². The number of halogens is 3. The van der Waals surface area contributed by atoms with Gasteiger partial charge in [-0.2, -0.15) is 8.78 Å². The van der Waals surface area contributed by atoms with Crippen LogP contribution >= 0.6 is 0 Å². The molecule has 0 saturated carbocycles. The first-order chi connectivity index (χ1) is 16.9. The van der Waals surface area contributed by atoms with Gasteiger partial charge in [-0.1, -0.05) is 30.3 Å². The monoisotopic (exact) mass is 483 g/mol. The summed E-state index contributed by atoms with van der Waals surface area (Å²) < 4.78 is 46.3. The molecule has 4 aromatic rings. The van der Waals surface area contributed by atoms with Gasteiger partial charge in [0.15, 0.2) is 0 Å². The van der Waals surface area contributed by atoms with Crippen molar-refractivity contribution in [1.29, 1.82) is 0 Å². The summed E-state index contributed by atoms with van der Waals surface area (Å²) in [7, 11) is 0. The van der Waals surface area contributed by atoms with E-state index in [0.29, 0.717) is 5.69 Å². The highest BCUT2D eigenvalue weighted by Gasteiger charge is 2.19. The number of hydrogen-bond acceptors (Lipinski definition) is 7. The Morgan fingerprint density at radius 1 is 1.06 bits per heavy atom. The lowest BCUT2D eigenvalue weighted by Crippen LogP contribution is -2.32. The average molecular weight is 483 g/mol. The summed E-state index contributed by atoms with van der Waals surface area (Å²) in [6.45, 7) is 5.47. The highest BCUT2D eigenvalue weighted by atomic mass is 19.3. The molecule has 0 aliphatic carbocycles. The number of rotatable bonds is 7. The molecule has 0 radical (unpaired) electrons. The molecule has 0 N–H and O–H groups in total. The Kier molecular flexibility index (Phi) is 6.58. The standard InChI is InChI=1S/C24H24F3N7O/c1-15-5-7-33(8-6-15)12-16-3-2-4-17(9-16)20-13-34(32-29-20)14-21-19(25)10-18(11-28-21)23-30-31-24(35-23)22(26)27/h2-4,9-11,13,15,22H,5-8,12,14H2,1H3. The lowest BCUT2D eigenvalue weighted by Gasteiger charge is -2.30. The molecule has 0 bridgehead atoms. The highest BCUT2D eigenvalue weighted by Crippen LogP contribution is 2.25. The van der Waals surface area contributed by atoms with Gasteiger partial charge in [-0.3, -0.25) is 9.88 Å². The number of alkyl halides is 2. The molecular formula is C24H24F3N7O. The van der Waals surface area contributed by atoms with Crippen molar-refractivity contribution in [2.75, 3.05) is 13.1 Å². The van der Waals surface area contributed by atoms with E-state index in [1.807, 2.05) is 12.1 Å². The van der Waals surface area contributed by atoms with Gasteiger partial charge >= 0.3 is 6.43 Å². The maximum atomic E-state index is 14.6. The first kappa shape index (κ1) is 23.2. The Bertz CT molecular complexity index is 1300. The van der Waals surface area contributed by atoms with Gasteiger partial charge in [0.05, 0.1) is 24.0 Å². The van der Waals surface area contributed by atoms with Crippen molar-refractivity contribution >= 4 is 0 Å². The van der Waals surface area contributed by atoms with Gasteiger partial charge in [-0.25, -0.2) is 9.07 Å². The van der Waals surface area contributed by atoms with Crippen molar-refractivity contribution in [3.05, 3.63) is 65.7 Å². The van der Waals surface area contributed by atoms with E-state index in [4.69, 9.17) is 4.42 Å². The predicted molar refractivity (Wildman–Crippen MR) is 121 cm³/mol. The summed E-state index contributed by atoms with van der Waals surface area (Å²) in [6, 6.07) is 9.32. The third-order valence-corrected chi connectivity index (χ3v) is 6.15. The number of pyridine rings is 1. The minimum absolute atomic E-state index is 0.0525. The van der Waals surface area contributed by atoms with Crippen molar-refractivity contribution in [2.45, 2.75) is 39.3 Å². The number of benzene rings is 1. The van der Waals surface area contributed by atoms with Crippen molar-refractivity contribution in [3.8, 4) is 22.7 Å². The van der Waals surface area contributed by atoms with Gasteiger partial charge in [-0.05, 0) is 49.5 Å². The van der Waals surface area contributed by atoms with E-state index in [2.05, 4.69) is 49.4 Å². The molecular weight excluding hydrogens is 459 g/mol. The Morgan fingerprint density at radius 2 is 1.89 bits per heavy atom. The fourth-order valence-electron chi connectivity index (χ4n) is 4.11. The molecule has 35 heavy (non-hydrogen) atoms. The van der Waals surface area contributed by atoms with Gasteiger partial charge in [0.1, 0.15) is 11.5 Å². The zero-order chi connectivity index (χ0) is 24.4. The maximum Gasteiger partial charge on any atom is 0.314 e. The molecule has 182 valence electrons. The molecule has 0 spiro atoms. The molecule has 11 heteroatoms. The van der Waals surface area contributed by atoms with E-state index >= 15 is 0 Å². The van der Waals surface area contributed by atoms with Crippen molar-refractivity contribution < 1.29 is 17.6 Å². The summed E-state index contributed by atoms with van der Waals surface area (Å²) in [5, 5.41) is 15.1. The first-order valence-electron chi connectivity index (χ1n) is 11.4. The fourth-order valence-corrected chi connectivity index (χ4v) is 4.11. The molecule has 1 fully saturated rings. The smallest absolute Gasteiger partial charge is 0.314 e. The van der Waals surface area contributed by atoms with E-state index in [1.54, 1.807) is 6.20 Å². The number of aromatic nitrogens is 6. The van der Waals surface area contributed by atoms with Crippen LogP contribution in [0.15, 0.2) is 47.1 Å². The molecule has 0 atom stereocenters. The molecule has 1 aliphatic rings. The molecule has 4 heterocycles. The van der Waals surface area contributed by atoms with Crippen LogP contribution in [0.2, 0.25) is 0 Å². The second-order valence-electron chi connectivity index (χ2n) is 8.86. The van der Waals surface area contributed by atoms with Crippen LogP contribution in [0.5, 0.6) is 0 Å². The van der Waals surface area contributed by atoms with Crippen molar-refractivity contribution in [2.24, 2.45) is 5.92 Å². The Labute approximate surface area is 199 Å². The second kappa shape index (κ2) is 9.95. The lowest BCUT2D eigenvalue weighted by atomic mass is 9.98. The van der Waals surface area contributed by atoms with Gasteiger partial charge in [0, 0.05) is 18.3 Å². The predicted octanol–water partition coefficient (Wildman–Crippen LogP) is 4.75. The SMILES string of the molecule is CC1CCN(Cc2cccc(-c3cn(Cc4ncc(-c5nnc(C(F)F)o5)cc4F)nn3)c2)CC1. The summed E-state index contributed by atoms with van der Waals surface area (Å²) in [5.41, 5.74) is 3.07. The largest absolute Gasteiger partial charge is 0.415 e. The molecule has 1 aliphatic heterocycles. The number of hydrogen-bond donors (Lipinski definition) is 0. The van der Waals surface area contributed by atoms with E-state index in [9.17, 15) is 13.2 Å². The van der Waals surface area contributed by atoms with Crippen LogP contribution in [-0.2, 0) is 13.1 Å². The maximum absolute atomic E-state index is 14.6. The molecule has 0 unspecified atom stereocenters. The molecule has 3 aromatic heterocycles. The van der Waals surface area contributed by atoms with Crippen LogP contribution in [0.4, 0.5) is 13.2 Å². The Morgan fingerprint density at radius 3 is 2.63 bits per heavy atom. The van der Waals surface area contributed by atoms with E-state index < -0.39 is 18.1 Å². The minimum atomic E-state index is -2.90. The Hall–Kier alpha value is -3.60. The summed E-state index contributed by atoms with van der Waals surface area (Å²) in [5.74, 6) is -0.899. The minimum Gasteiger partial charge on any atom is -0.415 e. The molecule has 5 rings (SSSR count). The third-order valence-electron chi connectivity index (χ3n) is 6.15. The van der Waals surface area contributed by atoms with Crippen LogP contribution < -0.4 is 0 Å². The normalized spacial score (nSPS) is 15.2. The topological polar surface area (TPSA) is 85.8 Å². The van der Waals surface area contributed by atoms with Crippen LogP contribution in [0.25, 0.3) is 22.7 Å². The Balaban J connectivity index is 1.27. The van der Waals surface area contributed by atoms with E-state index in [0.717, 1.165) is 37.2 Å². The number of piperidine rings is 1. The van der Waals surface area contributed by atoms with E-state index in [1.165, 1.54) is 29.3 Å². The lowest BCUT2D eigenvalue weighted by molar-refractivity contribution is 0.116. The molecule has 0 amide bonds. The van der Waals surface area contributed by atoms with Gasteiger partial charge in [0.25, 0.3) is 5.89 Å². The van der Waals surface area contributed by atoms with Crippen LogP contribution in [0.3, 0.4) is 0 Å². The molecule has 8 nitrogen and oxygen atoms in total. The van der Waals surface area contributed by atoms with Crippen molar-refractivity contribution in [1.82, 2.24) is 35.1 Å². The third kappa shape index (κ3) is 5.40. The number of likely N-dealkylation sites (tertiary alicyclic amines) is 1. The molecule has 1 aromatic carbocycles. The fraction of sp³-hybridized carbons (Fsp3) is 0.375. The summed E-state index contributed by atoms with van der Waals surface area (Å²) in [4.78, 5) is 6.55. The molecule has 1 saturated heterocycles. The second-order valence-corrected chi connectivity index (χ2v) is 8.86. The van der Waals surface area contributed by atoms with Gasteiger partial charge in [-0.15, -0.1) is 15.3 Å². The quantitative estimate of drug-likeness (QED) is 0.375. The van der Waals surface area contributed by atoms with Gasteiger partial charge in [0.2, 0.25) is 5.89 Å². The first-order valence-corrected chi connectivity index (χ1v) is 11.4. The number of nitrogens with zero attached hydrogens (tertiary/aromatic N) is 7. The zero-order valence-electron chi connectivity index (χ0n) is 19.1. The average Bonchev–Trinajstić information content (AvgIpc) is 3.53. The summed E-state index contributed by atoms with van der Waals surface area (Å²) in [6.07, 6.45) is 2.59. The van der Waals surface area contributed by atoms with E-state index in [-0.39, 0.29) is 23.7 Å².